The molecule has 0 radical (unpaired) electrons. The molecule has 4 rings (SSSR count). The first-order valence-corrected chi connectivity index (χ1v) is 10.8. The van der Waals surface area contributed by atoms with Gasteiger partial charge in [-0.15, -0.1) is 0 Å². The lowest BCUT2D eigenvalue weighted by Crippen LogP contribution is -2.40. The summed E-state index contributed by atoms with van der Waals surface area (Å²) >= 11 is 0. The molecule has 0 unspecified atom stereocenters. The molecule has 2 heterocycles. The molecule has 2 aromatic carbocycles. The molecule has 0 saturated carbocycles. The van der Waals surface area contributed by atoms with E-state index in [2.05, 4.69) is 0 Å². The number of aromatic nitrogens is 2. The fraction of sp³-hybridized carbons (Fsp3) is 0.320. The van der Waals surface area contributed by atoms with Crippen molar-refractivity contribution in [2.75, 3.05) is 19.7 Å². The van der Waals surface area contributed by atoms with Crippen LogP contribution in [0.25, 0.3) is 11.3 Å². The molecular weight excluding hydrogens is 390 g/mol. The average molecular weight is 418 g/mol. The topological polar surface area (TPSA) is 64.4 Å². The van der Waals surface area contributed by atoms with Gasteiger partial charge >= 0.3 is 5.97 Å². The Bertz CT molecular complexity index is 1020. The molecular formula is C25H27N3O3. The summed E-state index contributed by atoms with van der Waals surface area (Å²) in [6.07, 6.45) is 3.10. The summed E-state index contributed by atoms with van der Waals surface area (Å²) in [5.74, 6) is -0.325. The molecule has 1 aliphatic heterocycles. The molecule has 160 valence electrons. The lowest BCUT2D eigenvalue weighted by molar-refractivity contribution is -0.149. The summed E-state index contributed by atoms with van der Waals surface area (Å²) in [4.78, 5) is 27.3. The highest BCUT2D eigenvalue weighted by molar-refractivity contribution is 6.00. The Labute approximate surface area is 182 Å². The van der Waals surface area contributed by atoms with Gasteiger partial charge in [0.25, 0.3) is 5.91 Å². The van der Waals surface area contributed by atoms with Crippen LogP contribution in [-0.4, -0.2) is 46.3 Å². The predicted octanol–water partition coefficient (Wildman–Crippen LogP) is 4.01. The Balaban J connectivity index is 1.56. The maximum atomic E-state index is 13.4. The minimum atomic E-state index is -0.157. The first-order valence-electron chi connectivity index (χ1n) is 10.8. The van der Waals surface area contributed by atoms with Gasteiger partial charge in [-0.25, -0.2) is 0 Å². The van der Waals surface area contributed by atoms with Gasteiger partial charge in [-0.1, -0.05) is 60.7 Å². The third-order valence-electron chi connectivity index (χ3n) is 5.63. The van der Waals surface area contributed by atoms with Crippen LogP contribution in [0.2, 0.25) is 0 Å². The molecule has 31 heavy (non-hydrogen) atoms. The van der Waals surface area contributed by atoms with Gasteiger partial charge in [0, 0.05) is 24.8 Å². The molecule has 1 aromatic heterocycles. The molecule has 6 nitrogen and oxygen atoms in total. The minimum absolute atomic E-state index is 0.0412. The number of hydrogen-bond acceptors (Lipinski definition) is 4. The van der Waals surface area contributed by atoms with Crippen molar-refractivity contribution in [2.45, 2.75) is 26.3 Å². The van der Waals surface area contributed by atoms with Crippen molar-refractivity contribution in [3.63, 3.8) is 0 Å². The highest BCUT2D eigenvalue weighted by Gasteiger charge is 2.30. The smallest absolute Gasteiger partial charge is 0.309 e. The Morgan fingerprint density at radius 1 is 1.00 bits per heavy atom. The van der Waals surface area contributed by atoms with Crippen LogP contribution in [-0.2, 0) is 16.1 Å². The molecule has 1 fully saturated rings. The second kappa shape index (κ2) is 9.60. The molecule has 1 saturated heterocycles. The first kappa shape index (κ1) is 20.8. The van der Waals surface area contributed by atoms with E-state index in [4.69, 9.17) is 9.84 Å². The zero-order valence-corrected chi connectivity index (χ0v) is 17.7. The number of piperidine rings is 1. The summed E-state index contributed by atoms with van der Waals surface area (Å²) < 4.78 is 6.97. The van der Waals surface area contributed by atoms with Crippen molar-refractivity contribution in [1.82, 2.24) is 14.7 Å². The number of nitrogens with zero attached hydrogens (tertiary/aromatic N) is 3. The second-order valence-corrected chi connectivity index (χ2v) is 7.76. The maximum Gasteiger partial charge on any atom is 0.309 e. The molecule has 0 N–H and O–H groups in total. The molecule has 1 amide bonds. The monoisotopic (exact) mass is 417 g/mol. The van der Waals surface area contributed by atoms with Gasteiger partial charge in [-0.05, 0) is 25.3 Å². The maximum absolute atomic E-state index is 13.4. The summed E-state index contributed by atoms with van der Waals surface area (Å²) in [6.45, 7) is 3.88. The Kier molecular flexibility index (Phi) is 6.46. The van der Waals surface area contributed by atoms with Gasteiger partial charge in [-0.3, -0.25) is 14.3 Å². The molecule has 0 atom stereocenters. The summed E-state index contributed by atoms with van der Waals surface area (Å²) in [5, 5.41) is 4.75. The van der Waals surface area contributed by atoms with Crippen LogP contribution in [0.15, 0.2) is 66.9 Å². The third-order valence-corrected chi connectivity index (χ3v) is 5.63. The van der Waals surface area contributed by atoms with Crippen molar-refractivity contribution < 1.29 is 14.3 Å². The Morgan fingerprint density at radius 3 is 2.29 bits per heavy atom. The fourth-order valence-corrected chi connectivity index (χ4v) is 3.99. The van der Waals surface area contributed by atoms with Gasteiger partial charge in [0.1, 0.15) is 5.69 Å². The standard InChI is InChI=1S/C25H27N3O3/c1-2-31-25(30)21-13-15-27(16-14-21)24(29)22-18-28(17-19-9-5-3-6-10-19)26-23(22)20-11-7-4-8-12-20/h3-12,18,21H,2,13-17H2,1H3. The van der Waals surface area contributed by atoms with Crippen molar-refractivity contribution in [3.05, 3.63) is 78.0 Å². The summed E-state index contributed by atoms with van der Waals surface area (Å²) in [6, 6.07) is 19.9. The quantitative estimate of drug-likeness (QED) is 0.569. The highest BCUT2D eigenvalue weighted by atomic mass is 16.5. The fourth-order valence-electron chi connectivity index (χ4n) is 3.99. The van der Waals surface area contributed by atoms with Crippen LogP contribution in [0.3, 0.4) is 0 Å². The normalized spacial score (nSPS) is 14.4. The number of esters is 1. The van der Waals surface area contributed by atoms with E-state index in [1.807, 2.05) is 83.4 Å². The van der Waals surface area contributed by atoms with Crippen molar-refractivity contribution >= 4 is 11.9 Å². The van der Waals surface area contributed by atoms with Gasteiger partial charge < -0.3 is 9.64 Å². The minimum Gasteiger partial charge on any atom is -0.466 e. The molecule has 3 aromatic rings. The van der Waals surface area contributed by atoms with E-state index in [1.165, 1.54) is 0 Å². The number of hydrogen-bond donors (Lipinski definition) is 0. The number of carbonyl (C=O) groups is 2. The van der Waals surface area contributed by atoms with Crippen LogP contribution in [0, 0.1) is 5.92 Å². The number of carbonyl (C=O) groups excluding carboxylic acids is 2. The van der Waals surface area contributed by atoms with E-state index in [-0.39, 0.29) is 17.8 Å². The van der Waals surface area contributed by atoms with Crippen LogP contribution < -0.4 is 0 Å². The zero-order chi connectivity index (χ0) is 21.6. The van der Waals surface area contributed by atoms with E-state index in [0.717, 1.165) is 11.1 Å². The van der Waals surface area contributed by atoms with Crippen molar-refractivity contribution in [3.8, 4) is 11.3 Å². The van der Waals surface area contributed by atoms with E-state index < -0.39 is 0 Å². The number of amides is 1. The first-order chi connectivity index (χ1) is 15.2. The largest absolute Gasteiger partial charge is 0.466 e. The van der Waals surface area contributed by atoms with Crippen molar-refractivity contribution in [2.24, 2.45) is 5.92 Å². The Hall–Kier alpha value is -3.41. The number of rotatable bonds is 6. The molecule has 6 heteroatoms. The zero-order valence-electron chi connectivity index (χ0n) is 17.7. The van der Waals surface area contributed by atoms with E-state index in [9.17, 15) is 9.59 Å². The summed E-state index contributed by atoms with van der Waals surface area (Å²) in [5.41, 5.74) is 3.32. The van der Waals surface area contributed by atoms with E-state index in [0.29, 0.717) is 50.3 Å². The highest BCUT2D eigenvalue weighted by Crippen LogP contribution is 2.26. The van der Waals surface area contributed by atoms with Gasteiger partial charge in [-0.2, -0.15) is 5.10 Å². The third kappa shape index (κ3) is 4.85. The SMILES string of the molecule is CCOC(=O)C1CCN(C(=O)c2cn(Cc3ccccc3)nc2-c2ccccc2)CC1. The van der Waals surface area contributed by atoms with Crippen LogP contribution in [0.4, 0.5) is 0 Å². The molecule has 0 spiro atoms. The number of ether oxygens (including phenoxy) is 1. The molecule has 1 aliphatic rings. The van der Waals surface area contributed by atoms with E-state index >= 15 is 0 Å². The van der Waals surface area contributed by atoms with E-state index in [1.54, 1.807) is 0 Å². The lowest BCUT2D eigenvalue weighted by atomic mass is 9.96. The van der Waals surface area contributed by atoms with Crippen LogP contribution in [0.5, 0.6) is 0 Å². The molecule has 0 aliphatic carbocycles. The number of benzene rings is 2. The second-order valence-electron chi connectivity index (χ2n) is 7.76. The van der Waals surface area contributed by atoms with Gasteiger partial charge in [0.15, 0.2) is 0 Å². The summed E-state index contributed by atoms with van der Waals surface area (Å²) in [7, 11) is 0. The van der Waals surface area contributed by atoms with Crippen molar-refractivity contribution in [1.29, 1.82) is 0 Å². The lowest BCUT2D eigenvalue weighted by Gasteiger charge is -2.30. The predicted molar refractivity (Wildman–Crippen MR) is 118 cm³/mol. The Morgan fingerprint density at radius 2 is 1.65 bits per heavy atom. The molecule has 0 bridgehead atoms. The number of likely N-dealkylation sites (tertiary alicyclic amines) is 1. The van der Waals surface area contributed by atoms with Gasteiger partial charge in [0.2, 0.25) is 0 Å². The average Bonchev–Trinajstić information content (AvgIpc) is 3.24. The van der Waals surface area contributed by atoms with Crippen LogP contribution >= 0.6 is 0 Å². The van der Waals surface area contributed by atoms with Crippen LogP contribution in [0.1, 0.15) is 35.7 Å². The van der Waals surface area contributed by atoms with Gasteiger partial charge in [0.05, 0.1) is 24.6 Å².